The third kappa shape index (κ3) is 3.30. The van der Waals surface area contributed by atoms with Gasteiger partial charge >= 0.3 is 0 Å². The first-order valence-electron chi connectivity index (χ1n) is 12.0. The van der Waals surface area contributed by atoms with Gasteiger partial charge in [0.15, 0.2) is 5.78 Å². The van der Waals surface area contributed by atoms with Crippen LogP contribution in [0.2, 0.25) is 5.02 Å². The summed E-state index contributed by atoms with van der Waals surface area (Å²) in [6, 6.07) is 12.2. The van der Waals surface area contributed by atoms with E-state index in [0.29, 0.717) is 22.4 Å². The Balaban J connectivity index is 1.40. The minimum absolute atomic E-state index is 0.0204. The zero-order valence-electron chi connectivity index (χ0n) is 19.4. The van der Waals surface area contributed by atoms with Crippen LogP contribution >= 0.6 is 11.6 Å². The van der Waals surface area contributed by atoms with Gasteiger partial charge in [0, 0.05) is 16.1 Å². The minimum atomic E-state index is -1.06. The lowest BCUT2D eigenvalue weighted by Gasteiger charge is -2.37. The first-order chi connectivity index (χ1) is 16.8. The van der Waals surface area contributed by atoms with Crippen LogP contribution in [-0.4, -0.2) is 39.6 Å². The molecule has 178 valence electrons. The van der Waals surface area contributed by atoms with Crippen molar-refractivity contribution in [1.29, 1.82) is 0 Å². The van der Waals surface area contributed by atoms with E-state index in [0.717, 1.165) is 22.0 Å². The van der Waals surface area contributed by atoms with Crippen LogP contribution in [0.3, 0.4) is 0 Å². The summed E-state index contributed by atoms with van der Waals surface area (Å²) in [5.74, 6) is -1.70. The zero-order valence-corrected chi connectivity index (χ0v) is 20.2. The number of imide groups is 1. The number of halogens is 1. The van der Waals surface area contributed by atoms with Crippen LogP contribution in [0.1, 0.15) is 39.6 Å². The number of aryl methyl sites for hydroxylation is 1. The SMILES string of the molecule is Cc1ccc(C(=O)[C@H](C)N(C(=O)c2ccc(Cl)cc2)N2C(=O)[C@@H]3[C@H]4C=C[C@@H]([C@@H]5C[C@H]45)[C@@H]3C2=O)cc1. The molecule has 7 rings (SSSR count). The van der Waals surface area contributed by atoms with Crippen molar-refractivity contribution in [3.8, 4) is 0 Å². The number of allylic oxidation sites excluding steroid dienone is 2. The smallest absolute Gasteiger partial charge is 0.273 e. The summed E-state index contributed by atoms with van der Waals surface area (Å²) >= 11 is 6.01. The molecule has 5 aliphatic rings. The number of carbonyl (C=O) groups excluding carboxylic acids is 4. The van der Waals surface area contributed by atoms with E-state index in [1.54, 1.807) is 43.3 Å². The number of hydrazine groups is 1. The van der Waals surface area contributed by atoms with Gasteiger partial charge in [-0.25, -0.2) is 5.01 Å². The second-order valence-electron chi connectivity index (χ2n) is 10.2. The Morgan fingerprint density at radius 2 is 1.40 bits per heavy atom. The maximum Gasteiger partial charge on any atom is 0.273 e. The number of hydrogen-bond donors (Lipinski definition) is 0. The molecule has 35 heavy (non-hydrogen) atoms. The number of ketones is 1. The number of benzene rings is 2. The van der Waals surface area contributed by atoms with E-state index < -0.39 is 23.8 Å². The standard InChI is InChI=1S/C28H25ClN2O4/c1-14-3-5-16(6-4-14)25(32)15(2)30(26(33)17-7-9-18(29)10-8-17)31-27(34)23-19-11-12-20(22-13-21(19)22)24(23)28(31)35/h3-12,15,19-24H,13H2,1-2H3/t15-,19-,20-,21-,22+,23-,24+/m0/s1. The average Bonchev–Trinajstić information content (AvgIpc) is 3.64. The highest BCUT2D eigenvalue weighted by Crippen LogP contribution is 2.65. The van der Waals surface area contributed by atoms with Gasteiger partial charge in [0.1, 0.15) is 6.04 Å². The van der Waals surface area contributed by atoms with Crippen molar-refractivity contribution in [2.24, 2.45) is 35.5 Å². The Bertz CT molecular complexity index is 1250. The lowest BCUT2D eigenvalue weighted by Crippen LogP contribution is -2.56. The quantitative estimate of drug-likeness (QED) is 0.356. The first kappa shape index (κ1) is 22.2. The molecule has 2 bridgehead atoms. The highest BCUT2D eigenvalue weighted by molar-refractivity contribution is 6.30. The number of rotatable bonds is 5. The maximum absolute atomic E-state index is 13.8. The Morgan fingerprint density at radius 1 is 0.886 bits per heavy atom. The molecule has 1 heterocycles. The molecule has 4 aliphatic carbocycles. The van der Waals surface area contributed by atoms with Crippen molar-refractivity contribution in [1.82, 2.24) is 10.0 Å². The second kappa shape index (κ2) is 7.89. The van der Waals surface area contributed by atoms with Crippen LogP contribution in [0.15, 0.2) is 60.7 Å². The lowest BCUT2D eigenvalue weighted by atomic mass is 9.63. The van der Waals surface area contributed by atoms with Crippen LogP contribution in [0.5, 0.6) is 0 Å². The number of Topliss-reactive ketones (excluding diaryl/α,β-unsaturated/α-hetero) is 1. The predicted octanol–water partition coefficient (Wildman–Crippen LogP) is 4.33. The van der Waals surface area contributed by atoms with Gasteiger partial charge in [-0.2, -0.15) is 5.01 Å². The van der Waals surface area contributed by atoms with Gasteiger partial charge in [0.05, 0.1) is 11.8 Å². The van der Waals surface area contributed by atoms with Crippen LogP contribution in [0, 0.1) is 42.4 Å². The van der Waals surface area contributed by atoms with Crippen molar-refractivity contribution >= 4 is 35.1 Å². The van der Waals surface area contributed by atoms with Gasteiger partial charge < -0.3 is 0 Å². The fourth-order valence-corrected chi connectivity index (χ4v) is 6.51. The van der Waals surface area contributed by atoms with E-state index in [-0.39, 0.29) is 35.0 Å². The monoisotopic (exact) mass is 488 g/mol. The molecule has 7 heteroatoms. The molecule has 1 saturated heterocycles. The molecule has 7 atom stereocenters. The molecule has 0 radical (unpaired) electrons. The zero-order chi connectivity index (χ0) is 24.6. The molecule has 2 aromatic carbocycles. The fourth-order valence-electron chi connectivity index (χ4n) is 6.39. The van der Waals surface area contributed by atoms with Gasteiger partial charge in [-0.05, 0) is 68.2 Å². The molecular weight excluding hydrogens is 464 g/mol. The van der Waals surface area contributed by atoms with Crippen molar-refractivity contribution < 1.29 is 19.2 Å². The topological polar surface area (TPSA) is 74.8 Å². The van der Waals surface area contributed by atoms with E-state index in [2.05, 4.69) is 12.2 Å². The van der Waals surface area contributed by atoms with Gasteiger partial charge in [-0.3, -0.25) is 19.2 Å². The van der Waals surface area contributed by atoms with E-state index in [1.807, 2.05) is 19.1 Å². The molecule has 6 nitrogen and oxygen atoms in total. The van der Waals surface area contributed by atoms with E-state index in [9.17, 15) is 19.2 Å². The van der Waals surface area contributed by atoms with Gasteiger partial charge in [-0.15, -0.1) is 0 Å². The number of hydrogen-bond acceptors (Lipinski definition) is 4. The summed E-state index contributed by atoms with van der Waals surface area (Å²) in [5, 5.41) is 2.53. The summed E-state index contributed by atoms with van der Waals surface area (Å²) in [5.41, 5.74) is 1.66. The summed E-state index contributed by atoms with van der Waals surface area (Å²) in [6.07, 6.45) is 5.22. The highest BCUT2D eigenvalue weighted by Gasteiger charge is 2.68. The molecule has 2 aromatic rings. The molecule has 3 amide bonds. The highest BCUT2D eigenvalue weighted by atomic mass is 35.5. The van der Waals surface area contributed by atoms with Crippen LogP contribution < -0.4 is 0 Å². The molecular formula is C28H25ClN2O4. The summed E-state index contributed by atoms with van der Waals surface area (Å²) in [7, 11) is 0. The average molecular weight is 489 g/mol. The lowest BCUT2D eigenvalue weighted by molar-refractivity contribution is -0.156. The van der Waals surface area contributed by atoms with Crippen LogP contribution in [-0.2, 0) is 9.59 Å². The normalized spacial score (nSPS) is 30.7. The van der Waals surface area contributed by atoms with E-state index in [1.165, 1.54) is 0 Å². The molecule has 0 unspecified atom stereocenters. The molecule has 1 aliphatic heterocycles. The molecule has 0 spiro atoms. The Kier molecular flexibility index (Phi) is 5.01. The van der Waals surface area contributed by atoms with Gasteiger partial charge in [0.25, 0.3) is 17.7 Å². The van der Waals surface area contributed by atoms with Crippen molar-refractivity contribution in [2.45, 2.75) is 26.3 Å². The number of carbonyl (C=O) groups is 4. The summed E-state index contributed by atoms with van der Waals surface area (Å²) in [4.78, 5) is 54.9. The predicted molar refractivity (Wildman–Crippen MR) is 129 cm³/mol. The Hall–Kier alpha value is -3.25. The fraction of sp³-hybridized carbons (Fsp3) is 0.357. The van der Waals surface area contributed by atoms with Crippen LogP contribution in [0.4, 0.5) is 0 Å². The second-order valence-corrected chi connectivity index (χ2v) is 10.6. The van der Waals surface area contributed by atoms with Crippen LogP contribution in [0.25, 0.3) is 0 Å². The molecule has 0 N–H and O–H groups in total. The molecule has 3 fully saturated rings. The third-order valence-electron chi connectivity index (χ3n) is 8.24. The molecule has 2 saturated carbocycles. The van der Waals surface area contributed by atoms with Crippen molar-refractivity contribution in [3.63, 3.8) is 0 Å². The van der Waals surface area contributed by atoms with Gasteiger partial charge in [0.2, 0.25) is 0 Å². The Morgan fingerprint density at radius 3 is 1.94 bits per heavy atom. The summed E-state index contributed by atoms with van der Waals surface area (Å²) < 4.78 is 0. The summed E-state index contributed by atoms with van der Waals surface area (Å²) in [6.45, 7) is 3.49. The maximum atomic E-state index is 13.8. The van der Waals surface area contributed by atoms with E-state index in [4.69, 9.17) is 11.6 Å². The third-order valence-corrected chi connectivity index (χ3v) is 8.49. The van der Waals surface area contributed by atoms with Crippen molar-refractivity contribution in [3.05, 3.63) is 82.4 Å². The Labute approximate surface area is 208 Å². The van der Waals surface area contributed by atoms with E-state index >= 15 is 0 Å². The first-order valence-corrected chi connectivity index (χ1v) is 12.4. The minimum Gasteiger partial charge on any atom is -0.292 e. The van der Waals surface area contributed by atoms with Crippen molar-refractivity contribution in [2.75, 3.05) is 0 Å². The largest absolute Gasteiger partial charge is 0.292 e. The molecule has 0 aromatic heterocycles. The number of amides is 3. The van der Waals surface area contributed by atoms with Gasteiger partial charge in [-0.1, -0.05) is 53.6 Å². The number of nitrogens with zero attached hydrogens (tertiary/aromatic N) is 2.